The molecule has 0 aromatic carbocycles. The van der Waals surface area contributed by atoms with Crippen LogP contribution in [0.3, 0.4) is 0 Å². The first kappa shape index (κ1) is 14.4. The van der Waals surface area contributed by atoms with E-state index in [9.17, 15) is 9.59 Å². The quantitative estimate of drug-likeness (QED) is 0.672. The van der Waals surface area contributed by atoms with Crippen molar-refractivity contribution in [3.05, 3.63) is 24.6 Å². The number of carbonyl (C=O) groups excluding carboxylic acids is 2. The molecule has 3 rings (SSSR count). The van der Waals surface area contributed by atoms with Crippen molar-refractivity contribution in [1.82, 2.24) is 10.6 Å². The number of amides is 2. The van der Waals surface area contributed by atoms with Crippen LogP contribution < -0.4 is 10.6 Å². The van der Waals surface area contributed by atoms with Gasteiger partial charge < -0.3 is 5.32 Å². The Bertz CT molecular complexity index is 503. The van der Waals surface area contributed by atoms with Gasteiger partial charge >= 0.3 is 0 Å². The second-order valence-corrected chi connectivity index (χ2v) is 7.50. The summed E-state index contributed by atoms with van der Waals surface area (Å²) in [5.41, 5.74) is 1.70. The highest BCUT2D eigenvalue weighted by molar-refractivity contribution is 6.00. The third kappa shape index (κ3) is 1.95. The molecular formula is C17H24N2O2. The fraction of sp³-hybridized carbons (Fsp3) is 0.647. The van der Waals surface area contributed by atoms with Crippen molar-refractivity contribution < 1.29 is 9.59 Å². The molecule has 4 bridgehead atoms. The van der Waals surface area contributed by atoms with Crippen LogP contribution in [0.15, 0.2) is 24.6 Å². The molecule has 4 heteroatoms. The number of fused-ring (bicyclic) bond motifs is 4. The van der Waals surface area contributed by atoms with E-state index < -0.39 is 0 Å². The van der Waals surface area contributed by atoms with Crippen molar-refractivity contribution in [2.24, 2.45) is 35.0 Å². The molecule has 0 radical (unpaired) electrons. The minimum atomic E-state index is -0.216. The lowest BCUT2D eigenvalue weighted by atomic mass is 9.55. The summed E-state index contributed by atoms with van der Waals surface area (Å²) in [6.07, 6.45) is 1.57. The van der Waals surface area contributed by atoms with E-state index in [1.165, 1.54) is 0 Å². The highest BCUT2D eigenvalue weighted by Gasteiger charge is 2.53. The molecule has 1 saturated carbocycles. The molecule has 4 nitrogen and oxygen atoms in total. The van der Waals surface area contributed by atoms with Crippen molar-refractivity contribution in [3.8, 4) is 0 Å². The van der Waals surface area contributed by atoms with Gasteiger partial charge in [0.2, 0.25) is 11.8 Å². The summed E-state index contributed by atoms with van der Waals surface area (Å²) < 4.78 is 0. The van der Waals surface area contributed by atoms with E-state index in [1.807, 2.05) is 0 Å². The predicted molar refractivity (Wildman–Crippen MR) is 80.7 cm³/mol. The Morgan fingerprint density at radius 3 is 2.24 bits per heavy atom. The van der Waals surface area contributed by atoms with Gasteiger partial charge in [0.15, 0.2) is 0 Å². The lowest BCUT2D eigenvalue weighted by molar-refractivity contribution is -0.148. The minimum absolute atomic E-state index is 0.108. The minimum Gasteiger partial charge on any atom is -0.363 e. The first-order chi connectivity index (χ1) is 9.73. The van der Waals surface area contributed by atoms with E-state index >= 15 is 0 Å². The van der Waals surface area contributed by atoms with Gasteiger partial charge in [-0.1, -0.05) is 33.9 Å². The first-order valence-corrected chi connectivity index (χ1v) is 7.72. The van der Waals surface area contributed by atoms with E-state index in [-0.39, 0.29) is 46.8 Å². The van der Waals surface area contributed by atoms with Gasteiger partial charge in [-0.15, -0.1) is 0 Å². The van der Waals surface area contributed by atoms with Gasteiger partial charge in [-0.3, -0.25) is 14.9 Å². The summed E-state index contributed by atoms with van der Waals surface area (Å²) in [5, 5.41) is 5.92. The van der Waals surface area contributed by atoms with E-state index in [0.29, 0.717) is 6.42 Å². The van der Waals surface area contributed by atoms with Gasteiger partial charge in [-0.05, 0) is 24.2 Å². The van der Waals surface area contributed by atoms with Gasteiger partial charge in [0.05, 0.1) is 0 Å². The number of nitrogens with one attached hydrogen (secondary N) is 2. The van der Waals surface area contributed by atoms with Gasteiger partial charge in [-0.2, -0.15) is 0 Å². The highest BCUT2D eigenvalue weighted by Crippen LogP contribution is 2.53. The molecule has 2 heterocycles. The molecule has 114 valence electrons. The zero-order valence-corrected chi connectivity index (χ0v) is 13.0. The zero-order chi connectivity index (χ0) is 15.5. The molecule has 0 aromatic heterocycles. The molecule has 3 fully saturated rings. The molecule has 2 amide bonds. The monoisotopic (exact) mass is 288 g/mol. The fourth-order valence-corrected chi connectivity index (χ4v) is 4.60. The summed E-state index contributed by atoms with van der Waals surface area (Å²) in [5.74, 6) is 0.179. The molecule has 3 aliphatic rings. The van der Waals surface area contributed by atoms with Crippen LogP contribution in [0.1, 0.15) is 33.6 Å². The maximum atomic E-state index is 12.3. The predicted octanol–water partition coefficient (Wildman–Crippen LogP) is 2.19. The highest BCUT2D eigenvalue weighted by atomic mass is 16.2. The van der Waals surface area contributed by atoms with Crippen molar-refractivity contribution >= 4 is 11.8 Å². The van der Waals surface area contributed by atoms with Gasteiger partial charge in [0.25, 0.3) is 0 Å². The standard InChI is InChI=1S/C17H24N2O2/c1-8-11-6-13(10(3)18-9(11)2)17(4,5)14-7-12(8)15(20)19-16(14)21/h8,11-14,18H,2-3,6-7H2,1,4-5H3,(H,19,20,21). The molecule has 5 unspecified atom stereocenters. The number of hydrogen-bond donors (Lipinski definition) is 2. The van der Waals surface area contributed by atoms with E-state index in [1.54, 1.807) is 0 Å². The van der Waals surface area contributed by atoms with E-state index in [2.05, 4.69) is 44.6 Å². The Morgan fingerprint density at radius 2 is 1.57 bits per heavy atom. The largest absolute Gasteiger partial charge is 0.363 e. The Morgan fingerprint density at radius 1 is 0.952 bits per heavy atom. The zero-order valence-electron chi connectivity index (χ0n) is 13.0. The summed E-state index contributed by atoms with van der Waals surface area (Å²) in [7, 11) is 0. The van der Waals surface area contributed by atoms with Crippen molar-refractivity contribution in [1.29, 1.82) is 0 Å². The van der Waals surface area contributed by atoms with Crippen LogP contribution in [-0.4, -0.2) is 11.8 Å². The van der Waals surface area contributed by atoms with Crippen molar-refractivity contribution in [2.45, 2.75) is 33.6 Å². The van der Waals surface area contributed by atoms with Crippen LogP contribution in [0.25, 0.3) is 0 Å². The Hall–Kier alpha value is -1.58. The Kier molecular flexibility index (Phi) is 3.05. The van der Waals surface area contributed by atoms with Gasteiger partial charge in [0.1, 0.15) is 0 Å². The molecule has 0 aromatic rings. The second kappa shape index (κ2) is 4.46. The Labute approximate surface area is 126 Å². The third-order valence-electron chi connectivity index (χ3n) is 6.13. The average molecular weight is 288 g/mol. The maximum absolute atomic E-state index is 12.3. The number of carbonyl (C=O) groups is 2. The molecule has 21 heavy (non-hydrogen) atoms. The molecule has 1 aliphatic carbocycles. The van der Waals surface area contributed by atoms with Gasteiger partial charge in [-0.25, -0.2) is 0 Å². The summed E-state index contributed by atoms with van der Waals surface area (Å²) >= 11 is 0. The van der Waals surface area contributed by atoms with Crippen molar-refractivity contribution in [2.75, 3.05) is 0 Å². The molecule has 0 spiro atoms. The van der Waals surface area contributed by atoms with E-state index in [0.717, 1.165) is 17.8 Å². The van der Waals surface area contributed by atoms with Crippen LogP contribution in [0.5, 0.6) is 0 Å². The molecule has 2 N–H and O–H groups in total. The second-order valence-electron chi connectivity index (χ2n) is 7.50. The summed E-state index contributed by atoms with van der Waals surface area (Å²) in [4.78, 5) is 24.6. The first-order valence-electron chi connectivity index (χ1n) is 7.72. The van der Waals surface area contributed by atoms with Crippen LogP contribution in [0.4, 0.5) is 0 Å². The van der Waals surface area contributed by atoms with Crippen LogP contribution >= 0.6 is 0 Å². The number of allylic oxidation sites excluding steroid dienone is 2. The van der Waals surface area contributed by atoms with E-state index in [4.69, 9.17) is 0 Å². The Balaban J connectivity index is 2.09. The number of hydrogen-bond acceptors (Lipinski definition) is 3. The topological polar surface area (TPSA) is 58.2 Å². The maximum Gasteiger partial charge on any atom is 0.230 e. The number of piperidine rings is 2. The lowest BCUT2D eigenvalue weighted by Gasteiger charge is -2.52. The van der Waals surface area contributed by atoms with Crippen LogP contribution in [0.2, 0.25) is 0 Å². The average Bonchev–Trinajstić information content (AvgIpc) is 2.36. The molecular weight excluding hydrogens is 264 g/mol. The lowest BCUT2D eigenvalue weighted by Crippen LogP contribution is -2.58. The third-order valence-corrected chi connectivity index (χ3v) is 6.13. The SMILES string of the molecule is C=C1NC(=C)C2CC1C(C)C1CC(C(=O)NC1=O)C2(C)C. The van der Waals surface area contributed by atoms with Crippen LogP contribution in [0, 0.1) is 35.0 Å². The molecule has 2 saturated heterocycles. The number of imide groups is 1. The van der Waals surface area contributed by atoms with Crippen LogP contribution in [-0.2, 0) is 9.59 Å². The summed E-state index contributed by atoms with van der Waals surface area (Å²) in [6, 6.07) is 0. The summed E-state index contributed by atoms with van der Waals surface area (Å²) in [6.45, 7) is 14.6. The number of rotatable bonds is 0. The van der Waals surface area contributed by atoms with Gasteiger partial charge in [0, 0.05) is 35.1 Å². The fourth-order valence-electron chi connectivity index (χ4n) is 4.60. The molecule has 5 atom stereocenters. The smallest absolute Gasteiger partial charge is 0.230 e. The molecule has 2 aliphatic heterocycles. The van der Waals surface area contributed by atoms with Crippen molar-refractivity contribution in [3.63, 3.8) is 0 Å². The normalized spacial score (nSPS) is 41.8.